The molecule has 1 aliphatic rings. The number of nitrogens with one attached hydrogen (secondary N) is 1. The quantitative estimate of drug-likeness (QED) is 0.838. The summed E-state index contributed by atoms with van der Waals surface area (Å²) < 4.78 is 27.8. The van der Waals surface area contributed by atoms with Crippen LogP contribution in [0.15, 0.2) is 53.6 Å². The number of sulfonamides is 1. The molecule has 0 amide bonds. The van der Waals surface area contributed by atoms with E-state index >= 15 is 0 Å². The van der Waals surface area contributed by atoms with E-state index in [0.29, 0.717) is 17.3 Å². The lowest BCUT2D eigenvalue weighted by Crippen LogP contribution is -2.33. The number of aliphatic hydroxyl groups is 1. The van der Waals surface area contributed by atoms with E-state index in [4.69, 9.17) is 5.11 Å². The van der Waals surface area contributed by atoms with Crippen LogP contribution >= 0.6 is 0 Å². The van der Waals surface area contributed by atoms with Gasteiger partial charge in [0.2, 0.25) is 10.0 Å². The fourth-order valence-corrected chi connectivity index (χ4v) is 3.99. The lowest BCUT2D eigenvalue weighted by atomic mass is 10.1. The van der Waals surface area contributed by atoms with Gasteiger partial charge in [0.05, 0.1) is 10.4 Å². The summed E-state index contributed by atoms with van der Waals surface area (Å²) in [4.78, 5) is 4.40. The van der Waals surface area contributed by atoms with E-state index in [0.717, 1.165) is 0 Å². The molecule has 21 heavy (non-hydrogen) atoms. The SMILES string of the molecule is O=S(=O)(N[C@@H]1C=C[C@H](CO)C1)c1cccc2ncccc12. The number of rotatable bonds is 4. The van der Waals surface area contributed by atoms with E-state index in [-0.39, 0.29) is 23.5 Å². The van der Waals surface area contributed by atoms with Gasteiger partial charge in [0, 0.05) is 30.1 Å². The van der Waals surface area contributed by atoms with Gasteiger partial charge >= 0.3 is 0 Å². The highest BCUT2D eigenvalue weighted by Gasteiger charge is 2.25. The van der Waals surface area contributed by atoms with Crippen molar-refractivity contribution in [3.63, 3.8) is 0 Å². The lowest BCUT2D eigenvalue weighted by Gasteiger charge is -2.14. The summed E-state index contributed by atoms with van der Waals surface area (Å²) in [6.07, 6.45) is 5.86. The van der Waals surface area contributed by atoms with E-state index in [1.807, 2.05) is 6.08 Å². The van der Waals surface area contributed by atoms with Gasteiger partial charge in [0.1, 0.15) is 0 Å². The van der Waals surface area contributed by atoms with Crippen LogP contribution in [-0.2, 0) is 10.0 Å². The van der Waals surface area contributed by atoms with Crippen LogP contribution in [0.25, 0.3) is 10.9 Å². The number of pyridine rings is 1. The van der Waals surface area contributed by atoms with Crippen molar-refractivity contribution in [3.8, 4) is 0 Å². The molecule has 0 bridgehead atoms. The zero-order chi connectivity index (χ0) is 14.9. The summed E-state index contributed by atoms with van der Waals surface area (Å²) >= 11 is 0. The van der Waals surface area contributed by atoms with E-state index in [1.165, 1.54) is 0 Å². The second kappa shape index (κ2) is 5.55. The summed E-state index contributed by atoms with van der Waals surface area (Å²) in [5.74, 6) is 0.0203. The van der Waals surface area contributed by atoms with Crippen molar-refractivity contribution in [3.05, 3.63) is 48.7 Å². The molecule has 1 aliphatic carbocycles. The Morgan fingerprint density at radius 3 is 2.86 bits per heavy atom. The zero-order valence-electron chi connectivity index (χ0n) is 11.3. The second-order valence-electron chi connectivity index (χ2n) is 5.12. The third-order valence-electron chi connectivity index (χ3n) is 3.61. The van der Waals surface area contributed by atoms with Gasteiger partial charge in [0.15, 0.2) is 0 Å². The summed E-state index contributed by atoms with van der Waals surface area (Å²) in [6.45, 7) is 0.0346. The van der Waals surface area contributed by atoms with Crippen LogP contribution < -0.4 is 4.72 Å². The first-order valence-corrected chi connectivity index (χ1v) is 8.24. The number of aromatic nitrogens is 1. The Bertz CT molecular complexity index is 781. The zero-order valence-corrected chi connectivity index (χ0v) is 12.1. The number of nitrogens with zero attached hydrogens (tertiary/aromatic N) is 1. The van der Waals surface area contributed by atoms with Crippen LogP contribution in [0.1, 0.15) is 6.42 Å². The molecule has 2 atom stereocenters. The van der Waals surface area contributed by atoms with Crippen molar-refractivity contribution in [2.45, 2.75) is 17.4 Å². The van der Waals surface area contributed by atoms with Crippen LogP contribution in [0.4, 0.5) is 0 Å². The predicted molar refractivity (Wildman–Crippen MR) is 80.2 cm³/mol. The van der Waals surface area contributed by atoms with Crippen molar-refractivity contribution in [2.24, 2.45) is 5.92 Å². The van der Waals surface area contributed by atoms with Gasteiger partial charge in [-0.25, -0.2) is 13.1 Å². The van der Waals surface area contributed by atoms with E-state index in [9.17, 15) is 8.42 Å². The summed E-state index contributed by atoms with van der Waals surface area (Å²) in [5.41, 5.74) is 0.649. The molecule has 2 N–H and O–H groups in total. The van der Waals surface area contributed by atoms with Crippen LogP contribution in [0.5, 0.6) is 0 Å². The molecule has 0 saturated heterocycles. The standard InChI is InChI=1S/C15H16N2O3S/c18-10-11-6-7-12(9-11)17-21(19,20)15-5-1-4-14-13(15)3-2-8-16-14/h1-8,11-12,17-18H,9-10H2/t11-,12+/m0/s1. The number of hydrogen-bond acceptors (Lipinski definition) is 4. The largest absolute Gasteiger partial charge is 0.396 e. The topological polar surface area (TPSA) is 79.3 Å². The van der Waals surface area contributed by atoms with Gasteiger partial charge in [-0.2, -0.15) is 0 Å². The van der Waals surface area contributed by atoms with Crippen LogP contribution in [-0.4, -0.2) is 31.2 Å². The molecule has 1 heterocycles. The van der Waals surface area contributed by atoms with Crippen LogP contribution in [0.3, 0.4) is 0 Å². The average Bonchev–Trinajstić information content (AvgIpc) is 2.93. The van der Waals surface area contributed by atoms with Crippen LogP contribution in [0, 0.1) is 5.92 Å². The van der Waals surface area contributed by atoms with Gasteiger partial charge in [-0.05, 0) is 30.7 Å². The molecule has 1 aromatic heterocycles. The Hall–Kier alpha value is -1.76. The number of fused-ring (bicyclic) bond motifs is 1. The highest BCUT2D eigenvalue weighted by molar-refractivity contribution is 7.89. The third kappa shape index (κ3) is 2.83. The summed E-state index contributed by atoms with van der Waals surface area (Å²) in [7, 11) is -3.62. The number of aliphatic hydroxyl groups excluding tert-OH is 1. The Morgan fingerprint density at radius 2 is 2.10 bits per heavy atom. The molecule has 3 rings (SSSR count). The minimum Gasteiger partial charge on any atom is -0.396 e. The first-order chi connectivity index (χ1) is 10.1. The van der Waals surface area contributed by atoms with Gasteiger partial charge in [-0.3, -0.25) is 4.98 Å². The maximum atomic E-state index is 12.6. The minimum atomic E-state index is -3.62. The van der Waals surface area contributed by atoms with Gasteiger partial charge < -0.3 is 5.11 Å². The van der Waals surface area contributed by atoms with Crippen LogP contribution in [0.2, 0.25) is 0 Å². The first-order valence-electron chi connectivity index (χ1n) is 6.75. The van der Waals surface area contributed by atoms with Crippen molar-refractivity contribution in [1.82, 2.24) is 9.71 Å². The first kappa shape index (κ1) is 14.2. The van der Waals surface area contributed by atoms with Gasteiger partial charge in [0.25, 0.3) is 0 Å². The maximum Gasteiger partial charge on any atom is 0.241 e. The summed E-state index contributed by atoms with van der Waals surface area (Å²) in [6, 6.07) is 8.24. The molecule has 0 radical (unpaired) electrons. The maximum absolute atomic E-state index is 12.6. The minimum absolute atomic E-state index is 0.0203. The van der Waals surface area contributed by atoms with Gasteiger partial charge in [-0.1, -0.05) is 18.2 Å². The molecule has 0 spiro atoms. The smallest absolute Gasteiger partial charge is 0.241 e. The number of benzene rings is 1. The molecule has 0 aliphatic heterocycles. The normalized spacial score (nSPS) is 22.0. The highest BCUT2D eigenvalue weighted by Crippen LogP contribution is 2.23. The van der Waals surface area contributed by atoms with Gasteiger partial charge in [-0.15, -0.1) is 0 Å². The molecule has 0 unspecified atom stereocenters. The molecular formula is C15H16N2O3S. The molecular weight excluding hydrogens is 288 g/mol. The fraction of sp³-hybridized carbons (Fsp3) is 0.267. The lowest BCUT2D eigenvalue weighted by molar-refractivity contribution is 0.248. The van der Waals surface area contributed by atoms with Crippen molar-refractivity contribution in [2.75, 3.05) is 6.61 Å². The molecule has 0 fully saturated rings. The molecule has 110 valence electrons. The molecule has 5 nitrogen and oxygen atoms in total. The molecule has 6 heteroatoms. The monoisotopic (exact) mass is 304 g/mol. The number of hydrogen-bond donors (Lipinski definition) is 2. The van der Waals surface area contributed by atoms with Crippen molar-refractivity contribution in [1.29, 1.82) is 0 Å². The van der Waals surface area contributed by atoms with Crippen molar-refractivity contribution < 1.29 is 13.5 Å². The third-order valence-corrected chi connectivity index (χ3v) is 5.16. The second-order valence-corrected chi connectivity index (χ2v) is 6.80. The van der Waals surface area contributed by atoms with E-state index in [1.54, 1.807) is 42.6 Å². The van der Waals surface area contributed by atoms with E-state index in [2.05, 4.69) is 9.71 Å². The molecule has 0 saturated carbocycles. The molecule has 1 aromatic carbocycles. The van der Waals surface area contributed by atoms with Crippen molar-refractivity contribution >= 4 is 20.9 Å². The Labute approximate surface area is 123 Å². The Kier molecular flexibility index (Phi) is 3.75. The Morgan fingerprint density at radius 1 is 1.24 bits per heavy atom. The fourth-order valence-electron chi connectivity index (χ4n) is 2.57. The van der Waals surface area contributed by atoms with E-state index < -0.39 is 10.0 Å². The average molecular weight is 304 g/mol. The highest BCUT2D eigenvalue weighted by atomic mass is 32.2. The molecule has 2 aromatic rings. The predicted octanol–water partition coefficient (Wildman–Crippen LogP) is 1.45. The Balaban J connectivity index is 1.93. The summed E-state index contributed by atoms with van der Waals surface area (Å²) in [5, 5.41) is 9.71.